The summed E-state index contributed by atoms with van der Waals surface area (Å²) in [5.74, 6) is 0. The van der Waals surface area contributed by atoms with E-state index in [-0.39, 0.29) is 21.5 Å². The van der Waals surface area contributed by atoms with Crippen molar-refractivity contribution in [1.82, 2.24) is 9.71 Å². The molecule has 112 valence electrons. The number of nitrogens with one attached hydrogen (secondary N) is 1. The molecule has 1 aromatic carbocycles. The van der Waals surface area contributed by atoms with Crippen molar-refractivity contribution in [2.45, 2.75) is 11.3 Å². The quantitative estimate of drug-likeness (QED) is 0.768. The van der Waals surface area contributed by atoms with Gasteiger partial charge >= 0.3 is 0 Å². The first-order valence-electron chi connectivity index (χ1n) is 5.87. The third-order valence-corrected chi connectivity index (χ3v) is 5.46. The van der Waals surface area contributed by atoms with Gasteiger partial charge in [0, 0.05) is 30.1 Å². The number of thiazole rings is 1. The smallest absolute Gasteiger partial charge is 0.240 e. The topological polar surface area (TPSA) is 85.1 Å². The number of halogens is 1. The molecule has 0 aliphatic heterocycles. The van der Waals surface area contributed by atoms with Crippen molar-refractivity contribution in [3.63, 3.8) is 0 Å². The van der Waals surface area contributed by atoms with E-state index >= 15 is 0 Å². The minimum Gasteiger partial charge on any atom is -0.389 e. The average molecular weight is 362 g/mol. The van der Waals surface area contributed by atoms with Crippen LogP contribution in [0.3, 0.4) is 0 Å². The maximum atomic E-state index is 12.1. The SMILES string of the molecule is NC(=S)c1ccc(S(=O)(=O)NCCc2nccs2)cc1Cl. The van der Waals surface area contributed by atoms with E-state index in [0.717, 1.165) is 5.01 Å². The maximum absolute atomic E-state index is 12.1. The Labute approximate surface area is 137 Å². The molecule has 0 saturated heterocycles. The van der Waals surface area contributed by atoms with Gasteiger partial charge in [-0.05, 0) is 18.2 Å². The van der Waals surface area contributed by atoms with Crippen LogP contribution in [0, 0.1) is 0 Å². The molecule has 0 unspecified atom stereocenters. The monoisotopic (exact) mass is 361 g/mol. The van der Waals surface area contributed by atoms with Crippen LogP contribution in [0.2, 0.25) is 5.02 Å². The Morgan fingerprint density at radius 3 is 2.81 bits per heavy atom. The average Bonchev–Trinajstić information content (AvgIpc) is 2.91. The fourth-order valence-electron chi connectivity index (χ4n) is 1.61. The van der Waals surface area contributed by atoms with E-state index in [1.807, 2.05) is 5.38 Å². The van der Waals surface area contributed by atoms with Crippen LogP contribution < -0.4 is 10.5 Å². The molecular weight excluding hydrogens is 350 g/mol. The molecule has 1 aromatic heterocycles. The number of sulfonamides is 1. The predicted octanol–water partition coefficient (Wildman–Crippen LogP) is 1.95. The standard InChI is InChI=1S/C12H12ClN3O2S3/c13-10-7-8(1-2-9(10)12(14)19)21(17,18)16-4-3-11-15-5-6-20-11/h1-2,5-7,16H,3-4H2,(H2,14,19). The summed E-state index contributed by atoms with van der Waals surface area (Å²) in [6.45, 7) is 0.268. The van der Waals surface area contributed by atoms with Crippen LogP contribution in [0.15, 0.2) is 34.7 Å². The van der Waals surface area contributed by atoms with E-state index in [2.05, 4.69) is 9.71 Å². The van der Waals surface area contributed by atoms with Gasteiger partial charge in [-0.2, -0.15) is 0 Å². The van der Waals surface area contributed by atoms with Crippen molar-refractivity contribution in [2.24, 2.45) is 5.73 Å². The fraction of sp³-hybridized carbons (Fsp3) is 0.167. The Hall–Kier alpha value is -1.06. The Kier molecular flexibility index (Phi) is 5.28. The first-order chi connectivity index (χ1) is 9.90. The van der Waals surface area contributed by atoms with Crippen LogP contribution in [0.4, 0.5) is 0 Å². The molecule has 2 aromatic rings. The zero-order valence-corrected chi connectivity index (χ0v) is 14.0. The number of nitrogens with two attached hydrogens (primary N) is 1. The highest BCUT2D eigenvalue weighted by molar-refractivity contribution is 7.89. The molecular formula is C12H12ClN3O2S3. The summed E-state index contributed by atoms with van der Waals surface area (Å²) in [5, 5.41) is 2.93. The van der Waals surface area contributed by atoms with Crippen LogP contribution in [-0.4, -0.2) is 24.9 Å². The number of aromatic nitrogens is 1. The number of benzene rings is 1. The highest BCUT2D eigenvalue weighted by Gasteiger charge is 2.16. The Morgan fingerprint density at radius 2 is 2.24 bits per heavy atom. The highest BCUT2D eigenvalue weighted by Crippen LogP contribution is 2.20. The molecule has 1 heterocycles. The molecule has 0 saturated carbocycles. The van der Waals surface area contributed by atoms with Gasteiger partial charge in [0.2, 0.25) is 10.0 Å². The van der Waals surface area contributed by atoms with Crippen molar-refractivity contribution in [3.8, 4) is 0 Å². The minimum atomic E-state index is -3.62. The lowest BCUT2D eigenvalue weighted by Crippen LogP contribution is -2.26. The van der Waals surface area contributed by atoms with Crippen molar-refractivity contribution in [2.75, 3.05) is 6.54 Å². The van der Waals surface area contributed by atoms with Crippen LogP contribution in [0.25, 0.3) is 0 Å². The highest BCUT2D eigenvalue weighted by atomic mass is 35.5. The normalized spacial score (nSPS) is 11.5. The minimum absolute atomic E-state index is 0.0756. The van der Waals surface area contributed by atoms with Crippen LogP contribution in [0.5, 0.6) is 0 Å². The van der Waals surface area contributed by atoms with Gasteiger partial charge in [0.1, 0.15) is 4.99 Å². The van der Waals surface area contributed by atoms with Gasteiger partial charge in [-0.1, -0.05) is 23.8 Å². The van der Waals surface area contributed by atoms with Crippen LogP contribution >= 0.6 is 35.2 Å². The lowest BCUT2D eigenvalue weighted by molar-refractivity contribution is 0.581. The van der Waals surface area contributed by atoms with E-state index in [1.165, 1.54) is 29.5 Å². The molecule has 3 N–H and O–H groups in total. The molecule has 5 nitrogen and oxygen atoms in total. The largest absolute Gasteiger partial charge is 0.389 e. The molecule has 0 amide bonds. The number of hydrogen-bond donors (Lipinski definition) is 2. The Balaban J connectivity index is 2.08. The second kappa shape index (κ2) is 6.80. The summed E-state index contributed by atoms with van der Waals surface area (Å²) >= 11 is 12.3. The molecule has 0 aliphatic carbocycles. The zero-order valence-electron chi connectivity index (χ0n) is 10.7. The fourth-order valence-corrected chi connectivity index (χ4v) is 3.87. The number of nitrogens with zero attached hydrogens (tertiary/aromatic N) is 1. The first kappa shape index (κ1) is 16.3. The van der Waals surface area contributed by atoms with Gasteiger partial charge in [0.25, 0.3) is 0 Å². The second-order valence-corrected chi connectivity index (χ2v) is 7.67. The zero-order chi connectivity index (χ0) is 15.5. The lowest BCUT2D eigenvalue weighted by atomic mass is 10.2. The molecule has 0 radical (unpaired) electrons. The number of rotatable bonds is 6. The van der Waals surface area contributed by atoms with Gasteiger partial charge in [0.05, 0.1) is 14.9 Å². The molecule has 0 atom stereocenters. The van der Waals surface area contributed by atoms with Gasteiger partial charge < -0.3 is 5.73 Å². The summed E-state index contributed by atoms with van der Waals surface area (Å²) in [6.07, 6.45) is 2.22. The third-order valence-electron chi connectivity index (χ3n) is 2.63. The van der Waals surface area contributed by atoms with E-state index in [0.29, 0.717) is 12.0 Å². The molecule has 9 heteroatoms. The van der Waals surface area contributed by atoms with E-state index in [4.69, 9.17) is 29.6 Å². The lowest BCUT2D eigenvalue weighted by Gasteiger charge is -2.08. The summed E-state index contributed by atoms with van der Waals surface area (Å²) in [7, 11) is -3.62. The van der Waals surface area contributed by atoms with Gasteiger partial charge in [-0.3, -0.25) is 0 Å². The third kappa shape index (κ3) is 4.21. The molecule has 21 heavy (non-hydrogen) atoms. The second-order valence-electron chi connectivity index (χ2n) is 4.08. The predicted molar refractivity (Wildman–Crippen MR) is 88.3 cm³/mol. The van der Waals surface area contributed by atoms with E-state index in [1.54, 1.807) is 6.20 Å². The van der Waals surface area contributed by atoms with E-state index < -0.39 is 10.0 Å². The van der Waals surface area contributed by atoms with Gasteiger partial charge in [0.15, 0.2) is 0 Å². The Bertz CT molecular complexity index is 745. The van der Waals surface area contributed by atoms with Crippen molar-refractivity contribution < 1.29 is 8.42 Å². The summed E-state index contributed by atoms with van der Waals surface area (Å²) < 4.78 is 26.8. The summed E-state index contributed by atoms with van der Waals surface area (Å²) in [6, 6.07) is 4.26. The summed E-state index contributed by atoms with van der Waals surface area (Å²) in [5.41, 5.74) is 5.94. The Morgan fingerprint density at radius 1 is 1.48 bits per heavy atom. The van der Waals surface area contributed by atoms with Crippen LogP contribution in [0.1, 0.15) is 10.6 Å². The molecule has 0 spiro atoms. The van der Waals surface area contributed by atoms with Gasteiger partial charge in [-0.25, -0.2) is 18.1 Å². The number of thiocarbonyl (C=S) groups is 1. The van der Waals surface area contributed by atoms with Crippen molar-refractivity contribution in [3.05, 3.63) is 45.4 Å². The molecule has 0 fully saturated rings. The number of hydrogen-bond acceptors (Lipinski definition) is 5. The van der Waals surface area contributed by atoms with E-state index in [9.17, 15) is 8.42 Å². The van der Waals surface area contributed by atoms with Gasteiger partial charge in [-0.15, -0.1) is 11.3 Å². The molecule has 0 aliphatic rings. The first-order valence-corrected chi connectivity index (χ1v) is 9.02. The molecule has 2 rings (SSSR count). The molecule has 0 bridgehead atoms. The van der Waals surface area contributed by atoms with Crippen molar-refractivity contribution in [1.29, 1.82) is 0 Å². The van der Waals surface area contributed by atoms with Crippen LogP contribution in [-0.2, 0) is 16.4 Å². The van der Waals surface area contributed by atoms with Crippen molar-refractivity contribution >= 4 is 50.2 Å². The summed E-state index contributed by atoms with van der Waals surface area (Å²) in [4.78, 5) is 4.29. The maximum Gasteiger partial charge on any atom is 0.240 e.